The number of nitrogens with zero attached hydrogens (tertiary/aromatic N) is 1. The Bertz CT molecular complexity index is 602. The van der Waals surface area contributed by atoms with Gasteiger partial charge < -0.3 is 19.7 Å². The van der Waals surface area contributed by atoms with Crippen LogP contribution in [0.1, 0.15) is 118 Å². The van der Waals surface area contributed by atoms with Crippen LogP contribution < -0.4 is 5.32 Å². The summed E-state index contributed by atoms with van der Waals surface area (Å²) in [6.45, 7) is 12.5. The van der Waals surface area contributed by atoms with Crippen LogP contribution in [-0.2, 0) is 14.3 Å². The third-order valence-corrected chi connectivity index (χ3v) is 7.72. The standard InChI is InChI=1S/C27H50N2O3/c1-22(19-31-6)18-29-23(30)26(20-24(2,3)28-25(4,5)21-26)32-27(29)16-14-12-10-8-7-9-11-13-15-17-27/h22,28H,7-21H2,1-6H3. The van der Waals surface area contributed by atoms with Crippen molar-refractivity contribution in [3.63, 3.8) is 0 Å². The number of rotatable bonds is 4. The summed E-state index contributed by atoms with van der Waals surface area (Å²) in [6, 6.07) is 0. The largest absolute Gasteiger partial charge is 0.384 e. The summed E-state index contributed by atoms with van der Waals surface area (Å²) in [5, 5.41) is 3.76. The second-order valence-corrected chi connectivity index (χ2v) is 12.4. The van der Waals surface area contributed by atoms with E-state index in [-0.39, 0.29) is 17.0 Å². The number of methoxy groups -OCH3 is 1. The maximum atomic E-state index is 14.3. The highest BCUT2D eigenvalue weighted by atomic mass is 16.6. The molecule has 5 nitrogen and oxygen atoms in total. The fraction of sp³-hybridized carbons (Fsp3) is 0.963. The van der Waals surface area contributed by atoms with Gasteiger partial charge in [0.05, 0.1) is 6.61 Å². The minimum atomic E-state index is -0.720. The van der Waals surface area contributed by atoms with Gasteiger partial charge in [-0.15, -0.1) is 0 Å². The zero-order valence-corrected chi connectivity index (χ0v) is 21.9. The summed E-state index contributed by atoms with van der Waals surface area (Å²) in [5.41, 5.74) is -1.46. The number of carbonyl (C=O) groups is 1. The first kappa shape index (κ1) is 26.0. The third kappa shape index (κ3) is 6.07. The van der Waals surface area contributed by atoms with E-state index in [0.717, 1.165) is 45.1 Å². The van der Waals surface area contributed by atoms with Crippen molar-refractivity contribution in [3.8, 4) is 0 Å². The molecule has 1 amide bonds. The number of amides is 1. The molecule has 3 rings (SSSR count). The molecule has 1 aliphatic carbocycles. The van der Waals surface area contributed by atoms with Crippen molar-refractivity contribution >= 4 is 5.91 Å². The predicted molar refractivity (Wildman–Crippen MR) is 131 cm³/mol. The molecule has 3 fully saturated rings. The van der Waals surface area contributed by atoms with Crippen molar-refractivity contribution < 1.29 is 14.3 Å². The monoisotopic (exact) mass is 450 g/mol. The van der Waals surface area contributed by atoms with Crippen molar-refractivity contribution in [1.29, 1.82) is 0 Å². The molecule has 0 bridgehead atoms. The molecule has 0 radical (unpaired) electrons. The summed E-state index contributed by atoms with van der Waals surface area (Å²) < 4.78 is 12.6. The highest BCUT2D eigenvalue weighted by molar-refractivity contribution is 5.88. The number of carbonyl (C=O) groups excluding carboxylic acids is 1. The quantitative estimate of drug-likeness (QED) is 0.587. The van der Waals surface area contributed by atoms with Gasteiger partial charge in [-0.05, 0) is 59.3 Å². The van der Waals surface area contributed by atoms with Crippen LogP contribution >= 0.6 is 0 Å². The van der Waals surface area contributed by atoms with E-state index in [4.69, 9.17) is 9.47 Å². The normalized spacial score (nSPS) is 28.9. The van der Waals surface area contributed by atoms with Crippen LogP contribution in [0.25, 0.3) is 0 Å². The van der Waals surface area contributed by atoms with Gasteiger partial charge in [0.1, 0.15) is 5.72 Å². The van der Waals surface area contributed by atoms with Crippen molar-refractivity contribution in [2.24, 2.45) is 5.92 Å². The first-order valence-electron chi connectivity index (χ1n) is 13.3. The SMILES string of the molecule is COCC(C)CN1C(=O)C2(CC(C)(C)NC(C)(C)C2)OC12CCCCCCCCCCC2. The molecule has 2 heterocycles. The van der Waals surface area contributed by atoms with Gasteiger partial charge in [-0.3, -0.25) is 4.79 Å². The average Bonchev–Trinajstić information content (AvgIpc) is 2.84. The van der Waals surface area contributed by atoms with Gasteiger partial charge in [0.25, 0.3) is 5.91 Å². The summed E-state index contributed by atoms with van der Waals surface area (Å²) in [7, 11) is 1.75. The lowest BCUT2D eigenvalue weighted by molar-refractivity contribution is -0.177. The molecule has 1 saturated carbocycles. The van der Waals surface area contributed by atoms with Crippen LogP contribution in [0.4, 0.5) is 0 Å². The molecule has 0 aromatic rings. The van der Waals surface area contributed by atoms with Crippen LogP contribution in [-0.4, -0.2) is 53.5 Å². The Morgan fingerprint density at radius 2 is 1.38 bits per heavy atom. The third-order valence-electron chi connectivity index (χ3n) is 7.72. The predicted octanol–water partition coefficient (Wildman–Crippen LogP) is 5.81. The van der Waals surface area contributed by atoms with E-state index in [1.54, 1.807) is 7.11 Å². The first-order valence-corrected chi connectivity index (χ1v) is 13.3. The van der Waals surface area contributed by atoms with Crippen LogP contribution in [0.2, 0.25) is 0 Å². The zero-order valence-electron chi connectivity index (χ0n) is 21.9. The van der Waals surface area contributed by atoms with E-state index in [0.29, 0.717) is 12.5 Å². The smallest absolute Gasteiger partial charge is 0.257 e. The van der Waals surface area contributed by atoms with E-state index >= 15 is 0 Å². The van der Waals surface area contributed by atoms with E-state index in [1.165, 1.54) is 44.9 Å². The Hall–Kier alpha value is -0.650. The minimum absolute atomic E-state index is 0.141. The van der Waals surface area contributed by atoms with Crippen molar-refractivity contribution in [2.75, 3.05) is 20.3 Å². The second kappa shape index (κ2) is 10.3. The van der Waals surface area contributed by atoms with E-state index < -0.39 is 11.3 Å². The lowest BCUT2D eigenvalue weighted by Gasteiger charge is -2.50. The summed E-state index contributed by atoms with van der Waals surface area (Å²) in [6.07, 6.45) is 14.9. The summed E-state index contributed by atoms with van der Waals surface area (Å²) >= 11 is 0. The molecule has 0 aromatic heterocycles. The molecule has 1 atom stereocenters. The fourth-order valence-corrected chi connectivity index (χ4v) is 7.05. The number of piperidine rings is 1. The highest BCUT2D eigenvalue weighted by Gasteiger charge is 2.64. The number of hydrogen-bond donors (Lipinski definition) is 1. The van der Waals surface area contributed by atoms with Crippen LogP contribution in [0, 0.1) is 5.92 Å². The van der Waals surface area contributed by atoms with Gasteiger partial charge in [-0.25, -0.2) is 0 Å². The fourth-order valence-electron chi connectivity index (χ4n) is 7.05. The van der Waals surface area contributed by atoms with Crippen LogP contribution in [0.15, 0.2) is 0 Å². The van der Waals surface area contributed by atoms with Gasteiger partial charge in [0.2, 0.25) is 0 Å². The Kier molecular flexibility index (Phi) is 8.37. The van der Waals surface area contributed by atoms with Crippen LogP contribution in [0.5, 0.6) is 0 Å². The molecule has 2 spiro atoms. The Morgan fingerprint density at radius 1 is 0.906 bits per heavy atom. The molecule has 0 aromatic carbocycles. The zero-order chi connectivity index (χ0) is 23.5. The van der Waals surface area contributed by atoms with Gasteiger partial charge in [0, 0.05) is 37.6 Å². The maximum Gasteiger partial charge on any atom is 0.257 e. The Morgan fingerprint density at radius 3 is 1.84 bits per heavy atom. The topological polar surface area (TPSA) is 50.8 Å². The average molecular weight is 451 g/mol. The Labute approximate surface area is 197 Å². The molecule has 32 heavy (non-hydrogen) atoms. The van der Waals surface area contributed by atoms with Crippen molar-refractivity contribution in [2.45, 2.75) is 140 Å². The summed E-state index contributed by atoms with van der Waals surface area (Å²) in [5.74, 6) is 0.527. The lowest BCUT2D eigenvalue weighted by atomic mass is 9.72. The van der Waals surface area contributed by atoms with E-state index in [9.17, 15) is 4.79 Å². The molecular weight excluding hydrogens is 400 g/mol. The maximum absolute atomic E-state index is 14.3. The van der Waals surface area contributed by atoms with E-state index in [1.807, 2.05) is 0 Å². The van der Waals surface area contributed by atoms with Gasteiger partial charge in [-0.2, -0.15) is 0 Å². The van der Waals surface area contributed by atoms with Gasteiger partial charge >= 0.3 is 0 Å². The molecular formula is C27H50N2O3. The minimum Gasteiger partial charge on any atom is -0.384 e. The number of hydrogen-bond acceptors (Lipinski definition) is 4. The van der Waals surface area contributed by atoms with Crippen LogP contribution in [0.3, 0.4) is 0 Å². The van der Waals surface area contributed by atoms with Gasteiger partial charge in [0.15, 0.2) is 5.60 Å². The molecule has 2 aliphatic heterocycles. The number of ether oxygens (including phenoxy) is 2. The van der Waals surface area contributed by atoms with E-state index in [2.05, 4.69) is 44.8 Å². The highest BCUT2D eigenvalue weighted by Crippen LogP contribution is 2.51. The Balaban J connectivity index is 1.94. The molecule has 2 saturated heterocycles. The van der Waals surface area contributed by atoms with Crippen molar-refractivity contribution in [1.82, 2.24) is 10.2 Å². The summed E-state index contributed by atoms with van der Waals surface area (Å²) in [4.78, 5) is 16.5. The van der Waals surface area contributed by atoms with Crippen molar-refractivity contribution in [3.05, 3.63) is 0 Å². The molecule has 5 heteroatoms. The first-order chi connectivity index (χ1) is 15.0. The molecule has 3 aliphatic rings. The molecule has 186 valence electrons. The lowest BCUT2D eigenvalue weighted by Crippen LogP contribution is -2.65. The van der Waals surface area contributed by atoms with Gasteiger partial charge in [-0.1, -0.05) is 51.9 Å². The second-order valence-electron chi connectivity index (χ2n) is 12.4. The molecule has 1 N–H and O–H groups in total. The number of nitrogens with one attached hydrogen (secondary N) is 1. The molecule has 1 unspecified atom stereocenters.